The van der Waals surface area contributed by atoms with E-state index in [2.05, 4.69) is 123 Å². The number of nitrogens with one attached hydrogen (secondary N) is 1. The van der Waals surface area contributed by atoms with Crippen molar-refractivity contribution in [3.05, 3.63) is 122 Å². The molecule has 0 heterocycles. The molecule has 3 unspecified atom stereocenters. The maximum absolute atomic E-state index is 13.5. The first-order chi connectivity index (χ1) is 34.4. The van der Waals surface area contributed by atoms with Crippen molar-refractivity contribution in [2.24, 2.45) is 0 Å². The number of quaternary nitrogens is 1. The molecule has 0 aliphatic heterocycles. The van der Waals surface area contributed by atoms with Gasteiger partial charge in [-0.1, -0.05) is 220 Å². The molecule has 0 aromatic heterocycles. The van der Waals surface area contributed by atoms with Crippen LogP contribution < -0.4 is 10.2 Å². The quantitative estimate of drug-likeness (QED) is 0.0161. The lowest BCUT2D eigenvalue weighted by molar-refractivity contribution is -0.870. The van der Waals surface area contributed by atoms with Gasteiger partial charge in [0.15, 0.2) is 0 Å². The second kappa shape index (κ2) is 50.0. The minimum Gasteiger partial charge on any atom is -0.756 e. The number of phosphoric acid groups is 1. The normalized spacial score (nSPS) is 14.7. The smallest absolute Gasteiger partial charge is 0.306 e. The van der Waals surface area contributed by atoms with E-state index in [1.165, 1.54) is 64.2 Å². The van der Waals surface area contributed by atoms with Gasteiger partial charge in [-0.25, -0.2) is 0 Å². The predicted octanol–water partition coefficient (Wildman–Crippen LogP) is 16.1. The summed E-state index contributed by atoms with van der Waals surface area (Å²) in [4.78, 5) is 39.8. The van der Waals surface area contributed by atoms with Gasteiger partial charge in [-0.2, -0.15) is 0 Å². The van der Waals surface area contributed by atoms with Crippen molar-refractivity contribution in [2.75, 3.05) is 40.9 Å². The van der Waals surface area contributed by atoms with Crippen molar-refractivity contribution in [1.29, 1.82) is 0 Å². The molecule has 71 heavy (non-hydrogen) atoms. The molecule has 0 aromatic rings. The van der Waals surface area contributed by atoms with Crippen molar-refractivity contribution in [1.82, 2.24) is 5.32 Å². The zero-order chi connectivity index (χ0) is 52.2. The summed E-state index contributed by atoms with van der Waals surface area (Å²) in [5.74, 6) is -0.665. The van der Waals surface area contributed by atoms with E-state index in [4.69, 9.17) is 13.8 Å². The molecule has 0 saturated heterocycles. The van der Waals surface area contributed by atoms with Crippen LogP contribution in [0.3, 0.4) is 0 Å². The molecule has 404 valence electrons. The Labute approximate surface area is 435 Å². The fourth-order valence-electron chi connectivity index (χ4n) is 7.19. The molecular formula is C61H103N2O7P. The van der Waals surface area contributed by atoms with E-state index in [0.29, 0.717) is 23.9 Å². The Balaban J connectivity index is 5.49. The van der Waals surface area contributed by atoms with Gasteiger partial charge in [0.05, 0.1) is 33.8 Å². The second-order valence-electron chi connectivity index (χ2n) is 19.4. The van der Waals surface area contributed by atoms with Crippen LogP contribution in [0.4, 0.5) is 0 Å². The summed E-state index contributed by atoms with van der Waals surface area (Å²) in [7, 11) is 1.12. The first-order valence-electron chi connectivity index (χ1n) is 27.9. The molecule has 0 spiro atoms. The van der Waals surface area contributed by atoms with Crippen LogP contribution in [0.1, 0.15) is 201 Å². The van der Waals surface area contributed by atoms with E-state index in [9.17, 15) is 19.0 Å². The fraction of sp³-hybridized carbons (Fsp3) is 0.639. The maximum atomic E-state index is 13.5. The first kappa shape index (κ1) is 67.4. The number of esters is 1. The van der Waals surface area contributed by atoms with Gasteiger partial charge in [0.1, 0.15) is 19.3 Å². The van der Waals surface area contributed by atoms with Crippen LogP contribution in [-0.4, -0.2) is 69.4 Å². The number of amides is 1. The molecule has 0 bridgehead atoms. The summed E-state index contributed by atoms with van der Waals surface area (Å²) in [5, 5.41) is 2.98. The summed E-state index contributed by atoms with van der Waals surface area (Å²) < 4.78 is 30.1. The average molecular weight is 1010 g/mol. The number of carbonyl (C=O) groups excluding carboxylic acids is 2. The van der Waals surface area contributed by atoms with Gasteiger partial charge in [0, 0.05) is 12.8 Å². The van der Waals surface area contributed by atoms with Crippen LogP contribution in [0.25, 0.3) is 0 Å². The van der Waals surface area contributed by atoms with Crippen LogP contribution in [0, 0.1) is 0 Å². The van der Waals surface area contributed by atoms with Crippen LogP contribution in [0.5, 0.6) is 0 Å². The Morgan fingerprint density at radius 1 is 0.521 bits per heavy atom. The van der Waals surface area contributed by atoms with Gasteiger partial charge in [-0.3, -0.25) is 14.2 Å². The van der Waals surface area contributed by atoms with Gasteiger partial charge in [0.2, 0.25) is 5.91 Å². The van der Waals surface area contributed by atoms with Crippen LogP contribution in [0.15, 0.2) is 122 Å². The number of likely N-dealkylation sites (N-methyl/N-ethyl adjacent to an activating group) is 1. The zero-order valence-electron chi connectivity index (χ0n) is 45.9. The molecule has 3 atom stereocenters. The van der Waals surface area contributed by atoms with Crippen molar-refractivity contribution in [3.63, 3.8) is 0 Å². The van der Waals surface area contributed by atoms with Crippen molar-refractivity contribution in [2.45, 2.75) is 213 Å². The number of nitrogens with zero attached hydrogens (tertiary/aromatic N) is 1. The molecule has 0 saturated carbocycles. The Morgan fingerprint density at radius 3 is 1.51 bits per heavy atom. The highest BCUT2D eigenvalue weighted by molar-refractivity contribution is 7.45. The monoisotopic (exact) mass is 1010 g/mol. The third-order valence-corrected chi connectivity index (χ3v) is 12.4. The number of carbonyl (C=O) groups is 2. The van der Waals surface area contributed by atoms with Crippen LogP contribution in [-0.2, 0) is 27.9 Å². The van der Waals surface area contributed by atoms with Gasteiger partial charge in [-0.05, 0) is 89.5 Å². The van der Waals surface area contributed by atoms with E-state index in [0.717, 1.165) is 89.9 Å². The number of ether oxygens (including phenoxy) is 1. The molecule has 10 heteroatoms. The largest absolute Gasteiger partial charge is 0.756 e. The molecular weight excluding hydrogens is 904 g/mol. The molecule has 0 aliphatic rings. The first-order valence-corrected chi connectivity index (χ1v) is 29.3. The molecule has 9 nitrogen and oxygen atoms in total. The topological polar surface area (TPSA) is 114 Å². The van der Waals surface area contributed by atoms with Crippen LogP contribution in [0.2, 0.25) is 0 Å². The van der Waals surface area contributed by atoms with Gasteiger partial charge >= 0.3 is 5.97 Å². The van der Waals surface area contributed by atoms with Crippen LogP contribution >= 0.6 is 7.82 Å². The third kappa shape index (κ3) is 51.1. The average Bonchev–Trinajstić information content (AvgIpc) is 3.33. The number of hydrogen-bond acceptors (Lipinski definition) is 7. The van der Waals surface area contributed by atoms with E-state index in [1.807, 2.05) is 39.4 Å². The molecule has 0 rings (SSSR count). The number of unbranched alkanes of at least 4 members (excludes halogenated alkanes) is 16. The predicted molar refractivity (Wildman–Crippen MR) is 302 cm³/mol. The second-order valence-corrected chi connectivity index (χ2v) is 20.8. The summed E-state index contributed by atoms with van der Waals surface area (Å²) >= 11 is 0. The Bertz CT molecular complexity index is 1630. The minimum absolute atomic E-state index is 0.0429. The lowest BCUT2D eigenvalue weighted by Crippen LogP contribution is -2.47. The Hall–Kier alpha value is -3.59. The molecule has 0 radical (unpaired) electrons. The standard InChI is InChI=1S/C61H103N2O7P/c1-7-10-13-16-19-22-25-27-29-30-31-32-34-36-39-42-45-48-51-54-61(65)70-59(52-49-46-43-40-37-24-21-18-15-12-9-3)58(57-69-71(66,67)68-56-55-63(4,5)6)62-60(64)53-50-47-44-41-38-35-33-28-26-23-20-17-14-11-8-2/h10-11,13-14,17,19-20,22-23,26-27,29,31-32,36,39,45,48-49,52,58-59H,7-9,12,15-16,18,21,24-25,28,30,33-35,37-38,40-44,46-47,50-51,53-57H2,1-6H3,(H-,62,64,66,67)/b13-10-,14-11+,20-17+,22-19-,26-23+,29-27-,32-31-,39-36-,48-45-,52-49+. The van der Waals surface area contributed by atoms with Crippen molar-refractivity contribution >= 4 is 19.7 Å². The van der Waals surface area contributed by atoms with E-state index in [-0.39, 0.29) is 25.4 Å². The number of phosphoric ester groups is 1. The number of rotatable bonds is 48. The SMILES string of the molecule is CC/C=C\C/C=C\C/C=C\C/C=C\C/C=C\C/C=C\CCC(=O)OC(/C=C/CCCCCCCCCCC)C(COP(=O)([O-])OCC[N+](C)(C)C)NC(=O)CCCCCCCCC/C=C/C=C/C=C/CC. The Morgan fingerprint density at radius 2 is 0.986 bits per heavy atom. The Kier molecular flexibility index (Phi) is 47.4. The highest BCUT2D eigenvalue weighted by Crippen LogP contribution is 2.38. The van der Waals surface area contributed by atoms with Gasteiger partial charge in [-0.15, -0.1) is 0 Å². The molecule has 1 amide bonds. The highest BCUT2D eigenvalue weighted by atomic mass is 31.2. The lowest BCUT2D eigenvalue weighted by atomic mass is 10.1. The fourth-order valence-corrected chi connectivity index (χ4v) is 7.92. The summed E-state index contributed by atoms with van der Waals surface area (Å²) in [6.07, 6.45) is 68.9. The molecule has 0 fully saturated rings. The molecule has 1 N–H and O–H groups in total. The molecule has 0 aromatic carbocycles. The zero-order valence-corrected chi connectivity index (χ0v) is 46.8. The van der Waals surface area contributed by atoms with Crippen molar-refractivity contribution in [3.8, 4) is 0 Å². The summed E-state index contributed by atoms with van der Waals surface area (Å²) in [5.41, 5.74) is 0. The minimum atomic E-state index is -4.72. The van der Waals surface area contributed by atoms with Gasteiger partial charge < -0.3 is 28.5 Å². The lowest BCUT2D eigenvalue weighted by Gasteiger charge is -2.30. The van der Waals surface area contributed by atoms with Gasteiger partial charge in [0.25, 0.3) is 7.82 Å². The van der Waals surface area contributed by atoms with E-state index >= 15 is 0 Å². The highest BCUT2D eigenvalue weighted by Gasteiger charge is 2.27. The number of hydrogen-bond donors (Lipinski definition) is 1. The van der Waals surface area contributed by atoms with E-state index < -0.39 is 32.5 Å². The maximum Gasteiger partial charge on any atom is 0.306 e. The summed E-state index contributed by atoms with van der Waals surface area (Å²) in [6, 6.07) is -0.932. The third-order valence-electron chi connectivity index (χ3n) is 11.5. The number of allylic oxidation sites excluding steroid dienone is 19. The van der Waals surface area contributed by atoms with E-state index in [1.54, 1.807) is 6.08 Å². The summed E-state index contributed by atoms with van der Waals surface area (Å²) in [6.45, 7) is 6.50. The molecule has 0 aliphatic carbocycles. The van der Waals surface area contributed by atoms with Crippen molar-refractivity contribution < 1.29 is 37.3 Å².